The third-order valence-corrected chi connectivity index (χ3v) is 13.3. The second-order valence-corrected chi connectivity index (χ2v) is 17.3. The summed E-state index contributed by atoms with van der Waals surface area (Å²) in [7, 11) is 0. The minimum atomic E-state index is -0.250. The molecule has 12 rings (SSSR count). The highest BCUT2D eigenvalue weighted by molar-refractivity contribution is 5.93. The maximum Gasteiger partial charge on any atom is 0.220 e. The minimum absolute atomic E-state index is 0.107. The van der Waals surface area contributed by atoms with E-state index in [0.29, 0.717) is 0 Å². The Kier molecular flexibility index (Phi) is 7.00. The number of aromatic nitrogens is 3. The number of benzene rings is 8. The van der Waals surface area contributed by atoms with Gasteiger partial charge in [-0.1, -0.05) is 137 Å². The molecule has 2 aromatic heterocycles. The lowest BCUT2D eigenvalue weighted by Crippen LogP contribution is -2.18. The largest absolute Gasteiger partial charge is 0.310 e. The number of hydrogen-bond donors (Lipinski definition) is 0. The lowest BCUT2D eigenvalue weighted by Gasteiger charge is -2.30. The molecule has 4 heteroatoms. The van der Waals surface area contributed by atoms with Gasteiger partial charge in [-0.15, -0.1) is 0 Å². The van der Waals surface area contributed by atoms with Crippen LogP contribution in [0.4, 0.5) is 17.1 Å². The molecule has 0 N–H and O–H groups in total. The predicted molar refractivity (Wildman–Crippen MR) is 245 cm³/mol. The molecular weight excluding hydrogens is 717 g/mol. The zero-order valence-electron chi connectivity index (χ0n) is 33.6. The van der Waals surface area contributed by atoms with Crippen LogP contribution in [0.15, 0.2) is 182 Å². The zero-order chi connectivity index (χ0) is 39.6. The topological polar surface area (TPSA) is 25.5 Å². The second kappa shape index (κ2) is 12.2. The summed E-state index contributed by atoms with van der Waals surface area (Å²) >= 11 is 0. The van der Waals surface area contributed by atoms with E-state index in [1.807, 2.05) is 0 Å². The highest BCUT2D eigenvalue weighted by atomic mass is 15.2. The molecular formula is C55H42N4. The van der Waals surface area contributed by atoms with Gasteiger partial charge in [0.25, 0.3) is 0 Å². The van der Waals surface area contributed by atoms with Gasteiger partial charge in [-0.05, 0) is 128 Å². The number of rotatable bonds is 5. The molecule has 0 radical (unpaired) electrons. The molecule has 0 amide bonds. The Morgan fingerprint density at radius 3 is 1.63 bits per heavy atom. The van der Waals surface area contributed by atoms with Gasteiger partial charge in [-0.3, -0.25) is 8.97 Å². The fourth-order valence-electron chi connectivity index (χ4n) is 10.3. The van der Waals surface area contributed by atoms with Crippen molar-refractivity contribution in [2.24, 2.45) is 0 Å². The van der Waals surface area contributed by atoms with Crippen LogP contribution < -0.4 is 4.90 Å². The van der Waals surface area contributed by atoms with Crippen molar-refractivity contribution in [2.75, 3.05) is 4.90 Å². The van der Waals surface area contributed by atoms with Gasteiger partial charge < -0.3 is 4.90 Å². The summed E-state index contributed by atoms with van der Waals surface area (Å²) in [6, 6.07) is 66.8. The normalized spacial score (nSPS) is 14.4. The Balaban J connectivity index is 0.997. The molecule has 2 aliphatic carbocycles. The van der Waals surface area contributed by atoms with Crippen LogP contribution >= 0.6 is 0 Å². The van der Waals surface area contributed by atoms with E-state index in [1.165, 1.54) is 55.6 Å². The smallest absolute Gasteiger partial charge is 0.220 e. The Bertz CT molecular complexity index is 3330. The van der Waals surface area contributed by atoms with E-state index in [4.69, 9.17) is 4.98 Å². The molecule has 0 bridgehead atoms. The molecule has 4 nitrogen and oxygen atoms in total. The van der Waals surface area contributed by atoms with Gasteiger partial charge in [0.2, 0.25) is 5.78 Å². The lowest BCUT2D eigenvalue weighted by atomic mass is 9.82. The highest BCUT2D eigenvalue weighted by Crippen LogP contribution is 2.53. The fraction of sp³-hybridized carbons (Fsp3) is 0.109. The molecule has 0 unspecified atom stereocenters. The molecule has 2 aliphatic rings. The average molecular weight is 759 g/mol. The third-order valence-electron chi connectivity index (χ3n) is 13.3. The van der Waals surface area contributed by atoms with E-state index in [0.717, 1.165) is 50.6 Å². The van der Waals surface area contributed by atoms with Crippen molar-refractivity contribution in [2.45, 2.75) is 38.5 Å². The van der Waals surface area contributed by atoms with Crippen LogP contribution in [0.5, 0.6) is 0 Å². The van der Waals surface area contributed by atoms with Crippen molar-refractivity contribution >= 4 is 44.9 Å². The van der Waals surface area contributed by atoms with E-state index in [1.54, 1.807) is 0 Å². The molecule has 10 aromatic rings. The van der Waals surface area contributed by atoms with Gasteiger partial charge in [0.15, 0.2) is 0 Å². The van der Waals surface area contributed by atoms with Gasteiger partial charge in [-0.25, -0.2) is 4.98 Å². The van der Waals surface area contributed by atoms with Gasteiger partial charge >= 0.3 is 0 Å². The van der Waals surface area contributed by atoms with Crippen molar-refractivity contribution in [3.8, 4) is 39.1 Å². The van der Waals surface area contributed by atoms with Gasteiger partial charge in [0.05, 0.1) is 22.1 Å². The number of para-hydroxylation sites is 4. The van der Waals surface area contributed by atoms with Crippen LogP contribution in [0, 0.1) is 0 Å². The van der Waals surface area contributed by atoms with Crippen molar-refractivity contribution < 1.29 is 0 Å². The SMILES string of the molecule is CC1(C)c2ccccc2-c2ccc(N(c3ccc(-c4ccccc4)cc3)c3ccc4c(c3)C(C)(C)c3cc(-n5c6ccccc6n6c7ccccc7nc56)ccc3-4)cc21. The molecule has 8 aromatic carbocycles. The van der Waals surface area contributed by atoms with E-state index in [-0.39, 0.29) is 10.8 Å². The first kappa shape index (κ1) is 33.9. The van der Waals surface area contributed by atoms with Crippen LogP contribution in [0.2, 0.25) is 0 Å². The number of anilines is 3. The van der Waals surface area contributed by atoms with Crippen LogP contribution in [0.1, 0.15) is 49.9 Å². The molecule has 0 saturated carbocycles. The van der Waals surface area contributed by atoms with E-state index < -0.39 is 0 Å². The Morgan fingerprint density at radius 1 is 0.407 bits per heavy atom. The zero-order valence-corrected chi connectivity index (χ0v) is 33.6. The molecule has 0 spiro atoms. The molecule has 59 heavy (non-hydrogen) atoms. The number of hydrogen-bond acceptors (Lipinski definition) is 2. The van der Waals surface area contributed by atoms with Crippen molar-refractivity contribution in [1.29, 1.82) is 0 Å². The van der Waals surface area contributed by atoms with Crippen LogP contribution in [0.25, 0.3) is 66.9 Å². The summed E-state index contributed by atoms with van der Waals surface area (Å²) in [6.45, 7) is 9.49. The van der Waals surface area contributed by atoms with E-state index >= 15 is 0 Å². The summed E-state index contributed by atoms with van der Waals surface area (Å²) < 4.78 is 4.62. The minimum Gasteiger partial charge on any atom is -0.310 e. The predicted octanol–water partition coefficient (Wildman–Crippen LogP) is 14.2. The molecule has 0 fully saturated rings. The summed E-state index contributed by atoms with van der Waals surface area (Å²) in [5, 5.41) is 0. The molecule has 0 atom stereocenters. The third kappa shape index (κ3) is 4.80. The molecule has 282 valence electrons. The number of nitrogens with zero attached hydrogens (tertiary/aromatic N) is 4. The van der Waals surface area contributed by atoms with Crippen LogP contribution in [0.3, 0.4) is 0 Å². The first-order valence-corrected chi connectivity index (χ1v) is 20.6. The quantitative estimate of drug-likeness (QED) is 0.175. The second-order valence-electron chi connectivity index (χ2n) is 17.3. The van der Waals surface area contributed by atoms with Crippen molar-refractivity contribution in [1.82, 2.24) is 14.0 Å². The number of imidazole rings is 2. The first-order chi connectivity index (χ1) is 28.8. The lowest BCUT2D eigenvalue weighted by molar-refractivity contribution is 0.659. The Hall–Kier alpha value is -7.17. The van der Waals surface area contributed by atoms with Crippen molar-refractivity contribution in [3.63, 3.8) is 0 Å². The summed E-state index contributed by atoms with van der Waals surface area (Å²) in [4.78, 5) is 7.62. The average Bonchev–Trinajstić information content (AvgIpc) is 3.94. The molecule has 0 aliphatic heterocycles. The molecule has 0 saturated heterocycles. The Labute approximate surface area is 344 Å². The van der Waals surface area contributed by atoms with Crippen molar-refractivity contribution in [3.05, 3.63) is 204 Å². The van der Waals surface area contributed by atoms with Gasteiger partial charge in [-0.2, -0.15) is 0 Å². The fourth-order valence-corrected chi connectivity index (χ4v) is 10.3. The van der Waals surface area contributed by atoms with E-state index in [2.05, 4.69) is 224 Å². The number of fused-ring (bicyclic) bond motifs is 11. The maximum atomic E-state index is 5.17. The summed E-state index contributed by atoms with van der Waals surface area (Å²) in [6.07, 6.45) is 0. The standard InChI is InChI=1S/C55H42N4/c1-54(2)45-17-9-8-16-41(45)42-29-26-38(32-46(42)54)57(37-24-22-36(23-25-37)35-14-6-5-7-15-35)39-27-30-43-44-31-28-40(34-48(44)55(3,4)47(43)33-39)58-51-20-12-13-21-52(51)59-50-19-11-10-18-49(50)56-53(58)59/h5-34H,1-4H3. The Morgan fingerprint density at radius 2 is 0.915 bits per heavy atom. The summed E-state index contributed by atoms with van der Waals surface area (Å²) in [5.74, 6) is 0.928. The first-order valence-electron chi connectivity index (χ1n) is 20.6. The van der Waals surface area contributed by atoms with Gasteiger partial charge in [0.1, 0.15) is 0 Å². The van der Waals surface area contributed by atoms with Crippen LogP contribution in [-0.2, 0) is 10.8 Å². The molecule has 2 heterocycles. The monoisotopic (exact) mass is 758 g/mol. The maximum absolute atomic E-state index is 5.17. The van der Waals surface area contributed by atoms with Gasteiger partial charge in [0, 0.05) is 33.6 Å². The highest BCUT2D eigenvalue weighted by Gasteiger charge is 2.38. The van der Waals surface area contributed by atoms with Crippen LogP contribution in [-0.4, -0.2) is 14.0 Å². The summed E-state index contributed by atoms with van der Waals surface area (Å²) in [5.41, 5.74) is 21.7. The van der Waals surface area contributed by atoms with E-state index in [9.17, 15) is 0 Å².